The Bertz CT molecular complexity index is 2800. The lowest BCUT2D eigenvalue weighted by Gasteiger charge is -2.46. The third-order valence-corrected chi connectivity index (χ3v) is 11.8. The number of aromatic nitrogens is 1. The normalized spacial score (nSPS) is 13.8. The van der Waals surface area contributed by atoms with E-state index in [2.05, 4.69) is 160 Å². The summed E-state index contributed by atoms with van der Waals surface area (Å²) in [4.78, 5) is 4.99. The molecule has 0 amide bonds. The summed E-state index contributed by atoms with van der Waals surface area (Å²) in [6.45, 7) is 0.129. The quantitative estimate of drug-likeness (QED) is 0.180. The molecule has 0 bridgehead atoms. The molecule has 3 aliphatic rings. The Kier molecular flexibility index (Phi) is 4.43. The van der Waals surface area contributed by atoms with Gasteiger partial charge in [-0.15, -0.1) is 11.3 Å². The van der Waals surface area contributed by atoms with Crippen molar-refractivity contribution in [2.45, 2.75) is 0 Å². The number of anilines is 6. The summed E-state index contributed by atoms with van der Waals surface area (Å²) in [5.74, 6) is 0. The van der Waals surface area contributed by atoms with E-state index < -0.39 is 0 Å². The number of nitrogens with zero attached hydrogens (tertiary/aromatic N) is 3. The number of thiophene rings is 1. The smallest absolute Gasteiger partial charge is 0.257 e. The van der Waals surface area contributed by atoms with Gasteiger partial charge in [0.1, 0.15) is 0 Å². The number of para-hydroxylation sites is 2. The Hall–Kier alpha value is -5.78. The molecule has 3 aliphatic heterocycles. The fourth-order valence-electron chi connectivity index (χ4n) is 8.92. The molecule has 12 rings (SSSR count). The molecule has 2 aromatic heterocycles. The molecule has 9 aromatic rings. The monoisotopic (exact) mass is 613 g/mol. The Morgan fingerprint density at radius 1 is 0.404 bits per heavy atom. The van der Waals surface area contributed by atoms with Crippen LogP contribution in [-0.4, -0.2) is 11.3 Å². The second kappa shape index (κ2) is 8.52. The lowest BCUT2D eigenvalue weighted by molar-refractivity contribution is 1.17. The van der Waals surface area contributed by atoms with E-state index >= 15 is 0 Å². The first-order chi connectivity index (χ1) is 23.3. The summed E-state index contributed by atoms with van der Waals surface area (Å²) in [5.41, 5.74) is 15.5. The molecule has 0 aliphatic carbocycles. The van der Waals surface area contributed by atoms with E-state index in [9.17, 15) is 0 Å². The fraction of sp³-hybridized carbons (Fsp3) is 0. The van der Waals surface area contributed by atoms with Gasteiger partial charge in [-0.25, -0.2) is 0 Å². The molecule has 7 aromatic carbocycles. The molecule has 3 nitrogen and oxygen atoms in total. The number of hydrogen-bond acceptors (Lipinski definition) is 3. The van der Waals surface area contributed by atoms with Crippen molar-refractivity contribution >= 4 is 111 Å². The molecule has 0 spiro atoms. The molecule has 216 valence electrons. The molecule has 0 N–H and O–H groups in total. The highest BCUT2D eigenvalue weighted by atomic mass is 32.1. The first-order valence-electron chi connectivity index (χ1n) is 16.2. The van der Waals surface area contributed by atoms with Crippen LogP contribution in [0, 0.1) is 0 Å². The van der Waals surface area contributed by atoms with Gasteiger partial charge in [-0.2, -0.15) is 0 Å². The molecule has 0 saturated heterocycles. The standard InChI is InChI=1S/C42H24BN3S/c1-3-11-25(12-4-1)44-31-16-9-17-32-39(31)43-40-33(44)18-10-19-34(40)46-36-24-38-30(27-15-7-8-20-37(27)47-38)23-29(36)28-21-22-35(41(43)42(28)46)45(32)26-13-5-2-6-14-26/h1-24H. The van der Waals surface area contributed by atoms with E-state index in [1.807, 2.05) is 11.3 Å². The summed E-state index contributed by atoms with van der Waals surface area (Å²) in [6.07, 6.45) is 0. The minimum atomic E-state index is 0.129. The molecule has 0 saturated carbocycles. The second-order valence-corrected chi connectivity index (χ2v) is 14.0. The summed E-state index contributed by atoms with van der Waals surface area (Å²) in [7, 11) is 0. The van der Waals surface area contributed by atoms with Gasteiger partial charge in [-0.3, -0.25) is 0 Å². The van der Waals surface area contributed by atoms with Crippen molar-refractivity contribution in [3.8, 4) is 5.69 Å². The van der Waals surface area contributed by atoms with Crippen molar-refractivity contribution in [2.24, 2.45) is 0 Å². The number of rotatable bonds is 2. The topological polar surface area (TPSA) is 11.4 Å². The summed E-state index contributed by atoms with van der Waals surface area (Å²) in [5, 5.41) is 5.33. The van der Waals surface area contributed by atoms with Crippen LogP contribution in [0.2, 0.25) is 0 Å². The maximum absolute atomic E-state index is 2.59. The van der Waals surface area contributed by atoms with Crippen LogP contribution in [0.15, 0.2) is 146 Å². The highest BCUT2D eigenvalue weighted by Gasteiger charge is 2.48. The van der Waals surface area contributed by atoms with E-state index in [-0.39, 0.29) is 6.71 Å². The lowest BCUT2D eigenvalue weighted by atomic mass is 9.32. The zero-order chi connectivity index (χ0) is 30.4. The Balaban J connectivity index is 1.29. The van der Waals surface area contributed by atoms with Crippen molar-refractivity contribution in [1.82, 2.24) is 4.57 Å². The van der Waals surface area contributed by atoms with Gasteiger partial charge in [0.2, 0.25) is 0 Å². The molecule has 5 heteroatoms. The largest absolute Gasteiger partial charge is 0.311 e. The van der Waals surface area contributed by atoms with Gasteiger partial charge in [-0.05, 0) is 89.2 Å². The summed E-state index contributed by atoms with van der Waals surface area (Å²) < 4.78 is 5.27. The van der Waals surface area contributed by atoms with Crippen molar-refractivity contribution in [3.05, 3.63) is 146 Å². The van der Waals surface area contributed by atoms with Gasteiger partial charge in [0.05, 0.1) is 11.0 Å². The lowest BCUT2D eigenvalue weighted by Crippen LogP contribution is -2.64. The number of hydrogen-bond donors (Lipinski definition) is 0. The SMILES string of the molecule is c1ccc(N2c3cccc4c3B3c5c2cccc5-n2c5cc6sc7ccccc7c6cc5c5ccc(c3c52)N4c2ccccc2)cc1. The van der Waals surface area contributed by atoms with Crippen molar-refractivity contribution in [2.75, 3.05) is 9.80 Å². The van der Waals surface area contributed by atoms with Gasteiger partial charge in [-0.1, -0.05) is 72.8 Å². The van der Waals surface area contributed by atoms with E-state index in [1.165, 1.54) is 98.2 Å². The first-order valence-corrected chi connectivity index (χ1v) is 17.1. The van der Waals surface area contributed by atoms with E-state index in [4.69, 9.17) is 0 Å². The fourth-order valence-corrected chi connectivity index (χ4v) is 10.0. The molecule has 0 radical (unpaired) electrons. The Labute approximate surface area is 275 Å². The average Bonchev–Trinajstić information content (AvgIpc) is 3.66. The zero-order valence-corrected chi connectivity index (χ0v) is 26.0. The third-order valence-electron chi connectivity index (χ3n) is 10.7. The second-order valence-electron chi connectivity index (χ2n) is 12.9. The minimum Gasteiger partial charge on any atom is -0.311 e. The highest BCUT2D eigenvalue weighted by Crippen LogP contribution is 2.49. The van der Waals surface area contributed by atoms with Crippen molar-refractivity contribution < 1.29 is 0 Å². The minimum absolute atomic E-state index is 0.129. The van der Waals surface area contributed by atoms with Crippen LogP contribution in [0.4, 0.5) is 34.1 Å². The van der Waals surface area contributed by atoms with Crippen LogP contribution in [0.3, 0.4) is 0 Å². The zero-order valence-electron chi connectivity index (χ0n) is 25.2. The maximum atomic E-state index is 2.59. The van der Waals surface area contributed by atoms with Crippen molar-refractivity contribution in [3.63, 3.8) is 0 Å². The first kappa shape index (κ1) is 24.5. The summed E-state index contributed by atoms with van der Waals surface area (Å²) in [6, 6.07) is 54.1. The van der Waals surface area contributed by atoms with Crippen molar-refractivity contribution in [1.29, 1.82) is 0 Å². The molecule has 47 heavy (non-hydrogen) atoms. The number of benzene rings is 7. The van der Waals surface area contributed by atoms with Crippen LogP contribution in [-0.2, 0) is 0 Å². The van der Waals surface area contributed by atoms with Crippen LogP contribution in [0.1, 0.15) is 0 Å². The molecule has 0 fully saturated rings. The molecule has 0 atom stereocenters. The van der Waals surface area contributed by atoms with Crippen LogP contribution < -0.4 is 26.2 Å². The maximum Gasteiger partial charge on any atom is 0.257 e. The van der Waals surface area contributed by atoms with Gasteiger partial charge in [0.15, 0.2) is 0 Å². The number of fused-ring (bicyclic) bond motifs is 7. The Morgan fingerprint density at radius 3 is 1.70 bits per heavy atom. The van der Waals surface area contributed by atoms with Gasteiger partial charge >= 0.3 is 0 Å². The average molecular weight is 614 g/mol. The predicted molar refractivity (Wildman–Crippen MR) is 201 cm³/mol. The predicted octanol–water partition coefficient (Wildman–Crippen LogP) is 9.55. The molecular weight excluding hydrogens is 589 g/mol. The van der Waals surface area contributed by atoms with Gasteiger partial charge in [0, 0.05) is 70.8 Å². The van der Waals surface area contributed by atoms with Crippen LogP contribution >= 0.6 is 11.3 Å². The third kappa shape index (κ3) is 2.91. The molecule has 5 heterocycles. The van der Waals surface area contributed by atoms with E-state index in [0.717, 1.165) is 0 Å². The molecular formula is C42H24BN3S. The van der Waals surface area contributed by atoms with E-state index in [1.54, 1.807) is 0 Å². The van der Waals surface area contributed by atoms with Crippen LogP contribution in [0.25, 0.3) is 47.7 Å². The van der Waals surface area contributed by atoms with E-state index in [0.29, 0.717) is 0 Å². The van der Waals surface area contributed by atoms with Gasteiger partial charge < -0.3 is 14.4 Å². The highest BCUT2D eigenvalue weighted by molar-refractivity contribution is 7.25. The Morgan fingerprint density at radius 2 is 1.00 bits per heavy atom. The summed E-state index contributed by atoms with van der Waals surface area (Å²) >= 11 is 1.90. The van der Waals surface area contributed by atoms with Gasteiger partial charge in [0.25, 0.3) is 6.71 Å². The van der Waals surface area contributed by atoms with Crippen LogP contribution in [0.5, 0.6) is 0 Å². The molecule has 0 unspecified atom stereocenters.